The molecule has 0 aliphatic rings. The van der Waals surface area contributed by atoms with Gasteiger partial charge in [-0.3, -0.25) is 14.5 Å². The van der Waals surface area contributed by atoms with E-state index in [0.717, 1.165) is 4.88 Å². The summed E-state index contributed by atoms with van der Waals surface area (Å²) in [6.07, 6.45) is 0. The standard InChI is InChI=1S/C18H29N3O4S/c1-6-19-15(22)10-21(7-2)11-16(23)20-17-13(18(24)25-8-3)9-14(26-17)12(4)5/h9,12H,6-8,10-11H2,1-5H3,(H,19,22)(H,20,23). The van der Waals surface area contributed by atoms with E-state index in [2.05, 4.69) is 10.6 Å². The largest absolute Gasteiger partial charge is 0.462 e. The number of carbonyl (C=O) groups excluding carboxylic acids is 3. The normalized spacial score (nSPS) is 10.9. The number of rotatable bonds is 10. The second kappa shape index (κ2) is 10.9. The summed E-state index contributed by atoms with van der Waals surface area (Å²) in [4.78, 5) is 39.0. The molecule has 0 unspecified atom stereocenters. The highest BCUT2D eigenvalue weighted by Crippen LogP contribution is 2.33. The summed E-state index contributed by atoms with van der Waals surface area (Å²) >= 11 is 1.38. The van der Waals surface area contributed by atoms with Crippen molar-refractivity contribution in [1.29, 1.82) is 0 Å². The van der Waals surface area contributed by atoms with Gasteiger partial charge in [0.15, 0.2) is 0 Å². The van der Waals surface area contributed by atoms with Crippen LogP contribution in [0.2, 0.25) is 0 Å². The summed E-state index contributed by atoms with van der Waals surface area (Å²) in [6.45, 7) is 11.2. The summed E-state index contributed by atoms with van der Waals surface area (Å²) < 4.78 is 5.08. The van der Waals surface area contributed by atoms with Gasteiger partial charge in [0.2, 0.25) is 11.8 Å². The Morgan fingerprint density at radius 2 is 1.81 bits per heavy atom. The molecule has 2 N–H and O–H groups in total. The van der Waals surface area contributed by atoms with Crippen molar-refractivity contribution in [2.75, 3.05) is 38.1 Å². The lowest BCUT2D eigenvalue weighted by Crippen LogP contribution is -2.41. The molecule has 8 heteroatoms. The molecular weight excluding hydrogens is 354 g/mol. The number of esters is 1. The van der Waals surface area contributed by atoms with Gasteiger partial charge in [-0.2, -0.15) is 0 Å². The minimum absolute atomic E-state index is 0.0742. The zero-order valence-electron chi connectivity index (χ0n) is 16.2. The second-order valence-electron chi connectivity index (χ2n) is 6.07. The van der Waals surface area contributed by atoms with Gasteiger partial charge in [0.25, 0.3) is 0 Å². The maximum atomic E-state index is 12.4. The van der Waals surface area contributed by atoms with Crippen LogP contribution in [0.1, 0.15) is 55.8 Å². The first-order valence-corrected chi connectivity index (χ1v) is 9.73. The van der Waals surface area contributed by atoms with Gasteiger partial charge >= 0.3 is 5.97 Å². The molecule has 0 spiro atoms. The minimum atomic E-state index is -0.444. The van der Waals surface area contributed by atoms with Crippen LogP contribution < -0.4 is 10.6 Å². The van der Waals surface area contributed by atoms with Gasteiger partial charge in [0.1, 0.15) is 5.00 Å². The molecule has 146 valence electrons. The van der Waals surface area contributed by atoms with Crippen LogP contribution in [-0.4, -0.2) is 55.5 Å². The predicted molar refractivity (Wildman–Crippen MR) is 104 cm³/mol. The first-order chi connectivity index (χ1) is 12.3. The van der Waals surface area contributed by atoms with Gasteiger partial charge in [-0.05, 0) is 32.4 Å². The molecule has 1 aromatic heterocycles. The smallest absolute Gasteiger partial charge is 0.341 e. The fraction of sp³-hybridized carbons (Fsp3) is 0.611. The molecule has 0 bridgehead atoms. The lowest BCUT2D eigenvalue weighted by atomic mass is 10.1. The molecule has 1 heterocycles. The Morgan fingerprint density at radius 1 is 1.15 bits per heavy atom. The van der Waals surface area contributed by atoms with Crippen molar-refractivity contribution in [2.24, 2.45) is 0 Å². The highest BCUT2D eigenvalue weighted by atomic mass is 32.1. The Labute approximate surface area is 159 Å². The number of amides is 2. The molecule has 0 saturated carbocycles. The van der Waals surface area contributed by atoms with Gasteiger partial charge in [0.05, 0.1) is 25.3 Å². The monoisotopic (exact) mass is 383 g/mol. The molecule has 0 radical (unpaired) electrons. The van der Waals surface area contributed by atoms with E-state index in [4.69, 9.17) is 4.74 Å². The Balaban J connectivity index is 2.83. The molecule has 7 nitrogen and oxygen atoms in total. The molecule has 2 amide bonds. The van der Waals surface area contributed by atoms with Gasteiger partial charge in [-0.15, -0.1) is 11.3 Å². The van der Waals surface area contributed by atoms with Crippen molar-refractivity contribution in [3.05, 3.63) is 16.5 Å². The van der Waals surface area contributed by atoms with E-state index in [-0.39, 0.29) is 37.4 Å². The van der Waals surface area contributed by atoms with E-state index in [0.29, 0.717) is 23.7 Å². The van der Waals surface area contributed by atoms with Crippen LogP contribution in [0.25, 0.3) is 0 Å². The average molecular weight is 384 g/mol. The minimum Gasteiger partial charge on any atom is -0.462 e. The lowest BCUT2D eigenvalue weighted by Gasteiger charge is -2.19. The number of likely N-dealkylation sites (N-methyl/N-ethyl adjacent to an activating group) is 2. The Bertz CT molecular complexity index is 628. The van der Waals surface area contributed by atoms with Crippen molar-refractivity contribution in [2.45, 2.75) is 40.5 Å². The first-order valence-electron chi connectivity index (χ1n) is 8.91. The van der Waals surface area contributed by atoms with E-state index in [1.165, 1.54) is 11.3 Å². The van der Waals surface area contributed by atoms with E-state index in [9.17, 15) is 14.4 Å². The van der Waals surface area contributed by atoms with Crippen LogP contribution in [0.3, 0.4) is 0 Å². The molecule has 0 aromatic carbocycles. The van der Waals surface area contributed by atoms with E-state index < -0.39 is 5.97 Å². The third kappa shape index (κ3) is 6.76. The number of thiophene rings is 1. The molecule has 0 fully saturated rings. The van der Waals surface area contributed by atoms with Crippen molar-refractivity contribution in [3.8, 4) is 0 Å². The van der Waals surface area contributed by atoms with Gasteiger partial charge in [-0.25, -0.2) is 4.79 Å². The zero-order valence-corrected chi connectivity index (χ0v) is 17.0. The third-order valence-electron chi connectivity index (χ3n) is 3.62. The number of nitrogens with one attached hydrogen (secondary N) is 2. The third-order valence-corrected chi connectivity index (χ3v) is 4.98. The predicted octanol–water partition coefficient (Wildman–Crippen LogP) is 2.44. The van der Waals surface area contributed by atoms with E-state index in [1.54, 1.807) is 17.9 Å². The molecule has 0 aliphatic heterocycles. The SMILES string of the molecule is CCNC(=O)CN(CC)CC(=O)Nc1sc(C(C)C)cc1C(=O)OCC. The molecule has 0 atom stereocenters. The maximum absolute atomic E-state index is 12.4. The fourth-order valence-corrected chi connectivity index (χ4v) is 3.32. The highest BCUT2D eigenvalue weighted by molar-refractivity contribution is 7.16. The number of anilines is 1. The highest BCUT2D eigenvalue weighted by Gasteiger charge is 2.21. The molecular formula is C18H29N3O4S. The van der Waals surface area contributed by atoms with Crippen LogP contribution in [0.4, 0.5) is 5.00 Å². The summed E-state index contributed by atoms with van der Waals surface area (Å²) in [7, 11) is 0. The Morgan fingerprint density at radius 3 is 2.35 bits per heavy atom. The topological polar surface area (TPSA) is 87.7 Å². The molecule has 0 saturated heterocycles. The number of hydrogen-bond acceptors (Lipinski definition) is 6. The average Bonchev–Trinajstić information content (AvgIpc) is 2.98. The fourth-order valence-electron chi connectivity index (χ4n) is 2.25. The molecule has 1 aromatic rings. The van der Waals surface area contributed by atoms with Gasteiger partial charge in [-0.1, -0.05) is 20.8 Å². The summed E-state index contributed by atoms with van der Waals surface area (Å²) in [5.74, 6) is -0.587. The van der Waals surface area contributed by atoms with Crippen LogP contribution in [0, 0.1) is 0 Å². The quantitative estimate of drug-likeness (QED) is 0.606. The van der Waals surface area contributed by atoms with Crippen LogP contribution >= 0.6 is 11.3 Å². The molecule has 1 rings (SSSR count). The van der Waals surface area contributed by atoms with Crippen molar-refractivity contribution in [1.82, 2.24) is 10.2 Å². The zero-order chi connectivity index (χ0) is 19.7. The van der Waals surface area contributed by atoms with Crippen LogP contribution in [0.5, 0.6) is 0 Å². The first kappa shape index (κ1) is 22.1. The van der Waals surface area contributed by atoms with Gasteiger partial charge < -0.3 is 15.4 Å². The number of hydrogen-bond donors (Lipinski definition) is 2. The van der Waals surface area contributed by atoms with Crippen LogP contribution in [0.15, 0.2) is 6.07 Å². The number of ether oxygens (including phenoxy) is 1. The Hall–Kier alpha value is -1.93. The summed E-state index contributed by atoms with van der Waals surface area (Å²) in [5.41, 5.74) is 0.376. The lowest BCUT2D eigenvalue weighted by molar-refractivity contribution is -0.123. The maximum Gasteiger partial charge on any atom is 0.341 e. The second-order valence-corrected chi connectivity index (χ2v) is 7.16. The van der Waals surface area contributed by atoms with Crippen molar-refractivity contribution < 1.29 is 19.1 Å². The summed E-state index contributed by atoms with van der Waals surface area (Å²) in [5, 5.41) is 6.01. The molecule has 0 aliphatic carbocycles. The van der Waals surface area contributed by atoms with Crippen molar-refractivity contribution >= 4 is 34.1 Å². The number of carbonyl (C=O) groups is 3. The molecule has 26 heavy (non-hydrogen) atoms. The van der Waals surface area contributed by atoms with Crippen LogP contribution in [-0.2, 0) is 14.3 Å². The van der Waals surface area contributed by atoms with Crippen molar-refractivity contribution in [3.63, 3.8) is 0 Å². The van der Waals surface area contributed by atoms with E-state index in [1.807, 2.05) is 27.7 Å². The van der Waals surface area contributed by atoms with Gasteiger partial charge in [0, 0.05) is 11.4 Å². The number of nitrogens with zero attached hydrogens (tertiary/aromatic N) is 1. The Kier molecular flexibility index (Phi) is 9.29. The summed E-state index contributed by atoms with van der Waals surface area (Å²) in [6, 6.07) is 1.77. The van der Waals surface area contributed by atoms with E-state index >= 15 is 0 Å².